The summed E-state index contributed by atoms with van der Waals surface area (Å²) in [5.41, 5.74) is 2.42. The molecular formula is C18H21NO5S. The highest BCUT2D eigenvalue weighted by atomic mass is 32.2. The van der Waals surface area contributed by atoms with Crippen LogP contribution in [0.2, 0.25) is 0 Å². The Morgan fingerprint density at radius 3 is 2.32 bits per heavy atom. The average Bonchev–Trinajstić information content (AvgIpc) is 2.57. The third-order valence-corrected chi connectivity index (χ3v) is 5.47. The molecule has 2 aromatic carbocycles. The fourth-order valence-corrected chi connectivity index (χ4v) is 3.99. The van der Waals surface area contributed by atoms with Crippen molar-refractivity contribution in [2.24, 2.45) is 0 Å². The van der Waals surface area contributed by atoms with Crippen LogP contribution in [0.4, 0.5) is 5.69 Å². The summed E-state index contributed by atoms with van der Waals surface area (Å²) in [7, 11) is -1.00. The molecule has 0 unspecified atom stereocenters. The fourth-order valence-electron chi connectivity index (χ4n) is 2.55. The quantitative estimate of drug-likeness (QED) is 0.825. The van der Waals surface area contributed by atoms with Crippen molar-refractivity contribution < 1.29 is 22.7 Å². The first-order valence-corrected chi connectivity index (χ1v) is 9.05. The molecule has 0 heterocycles. The second kappa shape index (κ2) is 7.14. The van der Waals surface area contributed by atoms with E-state index in [9.17, 15) is 13.2 Å². The molecule has 6 nitrogen and oxygen atoms in total. The van der Waals surface area contributed by atoms with E-state index in [0.29, 0.717) is 33.7 Å². The summed E-state index contributed by atoms with van der Waals surface area (Å²) >= 11 is 0. The number of aryl methyl sites for hydroxylation is 2. The van der Waals surface area contributed by atoms with Gasteiger partial charge in [-0.2, -0.15) is 0 Å². The maximum absolute atomic E-state index is 12.8. The molecule has 0 aliphatic carbocycles. The SMILES string of the molecule is COC(=O)c1cccc(NS(=O)(=O)c2cc(C)c(OC)cc2C)c1C. The smallest absolute Gasteiger partial charge is 0.338 e. The van der Waals surface area contributed by atoms with Gasteiger partial charge in [0.2, 0.25) is 0 Å². The summed E-state index contributed by atoms with van der Waals surface area (Å²) in [4.78, 5) is 11.9. The maximum Gasteiger partial charge on any atom is 0.338 e. The molecule has 25 heavy (non-hydrogen) atoms. The van der Waals surface area contributed by atoms with Crippen LogP contribution in [-0.4, -0.2) is 28.6 Å². The van der Waals surface area contributed by atoms with E-state index in [4.69, 9.17) is 9.47 Å². The molecule has 0 fully saturated rings. The molecule has 134 valence electrons. The molecule has 1 N–H and O–H groups in total. The number of nitrogens with one attached hydrogen (secondary N) is 1. The van der Waals surface area contributed by atoms with Crippen LogP contribution in [-0.2, 0) is 14.8 Å². The summed E-state index contributed by atoms with van der Waals surface area (Å²) in [5.74, 6) is 0.107. The second-order valence-electron chi connectivity index (χ2n) is 5.66. The molecule has 7 heteroatoms. The Morgan fingerprint density at radius 1 is 1.04 bits per heavy atom. The Balaban J connectivity index is 2.47. The Labute approximate surface area is 147 Å². The van der Waals surface area contributed by atoms with E-state index in [1.54, 1.807) is 51.1 Å². The largest absolute Gasteiger partial charge is 0.496 e. The zero-order valence-corrected chi connectivity index (χ0v) is 15.7. The number of rotatable bonds is 5. The molecule has 0 aliphatic heterocycles. The lowest BCUT2D eigenvalue weighted by atomic mass is 10.1. The van der Waals surface area contributed by atoms with Gasteiger partial charge in [0.05, 0.1) is 30.4 Å². The standard InChI is InChI=1S/C18H21NO5S/c1-11-10-17(12(2)9-16(11)23-4)25(21,22)19-15-8-6-7-14(13(15)3)18(20)24-5/h6-10,19H,1-5H3. The van der Waals surface area contributed by atoms with E-state index in [2.05, 4.69) is 4.72 Å². The van der Waals surface area contributed by atoms with Crippen molar-refractivity contribution in [1.82, 2.24) is 0 Å². The molecule has 0 atom stereocenters. The minimum Gasteiger partial charge on any atom is -0.496 e. The zero-order valence-electron chi connectivity index (χ0n) is 14.8. The van der Waals surface area contributed by atoms with Crippen LogP contribution in [0.25, 0.3) is 0 Å². The van der Waals surface area contributed by atoms with Gasteiger partial charge in [0, 0.05) is 0 Å². The Morgan fingerprint density at radius 2 is 1.72 bits per heavy atom. The van der Waals surface area contributed by atoms with Crippen molar-refractivity contribution in [2.75, 3.05) is 18.9 Å². The molecular weight excluding hydrogens is 342 g/mol. The number of methoxy groups -OCH3 is 2. The predicted octanol–water partition coefficient (Wildman–Crippen LogP) is 3.21. The van der Waals surface area contributed by atoms with Gasteiger partial charge in [0.1, 0.15) is 5.75 Å². The molecule has 0 bridgehead atoms. The molecule has 0 aliphatic rings. The highest BCUT2D eigenvalue weighted by Crippen LogP contribution is 2.28. The average molecular weight is 363 g/mol. The van der Waals surface area contributed by atoms with Gasteiger partial charge in [-0.1, -0.05) is 6.07 Å². The van der Waals surface area contributed by atoms with Gasteiger partial charge in [-0.15, -0.1) is 0 Å². The highest BCUT2D eigenvalue weighted by molar-refractivity contribution is 7.92. The molecule has 0 amide bonds. The molecule has 0 aromatic heterocycles. The van der Waals surface area contributed by atoms with Crippen molar-refractivity contribution >= 4 is 21.7 Å². The van der Waals surface area contributed by atoms with Crippen molar-refractivity contribution in [2.45, 2.75) is 25.7 Å². The number of ether oxygens (including phenoxy) is 2. The van der Waals surface area contributed by atoms with Crippen molar-refractivity contribution in [3.8, 4) is 5.75 Å². The molecule has 0 saturated heterocycles. The normalized spacial score (nSPS) is 11.1. The van der Waals surface area contributed by atoms with Crippen molar-refractivity contribution in [3.05, 3.63) is 52.6 Å². The van der Waals surface area contributed by atoms with Gasteiger partial charge in [-0.3, -0.25) is 4.72 Å². The molecule has 2 aromatic rings. The fraction of sp³-hybridized carbons (Fsp3) is 0.278. The lowest BCUT2D eigenvalue weighted by Crippen LogP contribution is -2.16. The minimum atomic E-state index is -3.82. The molecule has 2 rings (SSSR count). The summed E-state index contributed by atoms with van der Waals surface area (Å²) in [6, 6.07) is 8.04. The summed E-state index contributed by atoms with van der Waals surface area (Å²) in [6.07, 6.45) is 0. The highest BCUT2D eigenvalue weighted by Gasteiger charge is 2.21. The number of hydrogen-bond acceptors (Lipinski definition) is 5. The third kappa shape index (κ3) is 3.76. The molecule has 0 radical (unpaired) electrons. The van der Waals surface area contributed by atoms with Crippen LogP contribution in [0.3, 0.4) is 0 Å². The first kappa shape index (κ1) is 18.8. The minimum absolute atomic E-state index is 0.161. The number of esters is 1. The molecule has 0 spiro atoms. The first-order valence-electron chi connectivity index (χ1n) is 7.57. The van der Waals surface area contributed by atoms with Crippen LogP contribution in [0.1, 0.15) is 27.0 Å². The zero-order chi connectivity index (χ0) is 18.8. The van der Waals surface area contributed by atoms with Crippen LogP contribution < -0.4 is 9.46 Å². The maximum atomic E-state index is 12.8. The van der Waals surface area contributed by atoms with Gasteiger partial charge in [0.15, 0.2) is 0 Å². The number of carbonyl (C=O) groups is 1. The van der Waals surface area contributed by atoms with E-state index in [1.165, 1.54) is 14.2 Å². The van der Waals surface area contributed by atoms with E-state index in [-0.39, 0.29) is 4.90 Å². The van der Waals surface area contributed by atoms with Gasteiger partial charge >= 0.3 is 5.97 Å². The van der Waals surface area contributed by atoms with E-state index in [1.807, 2.05) is 0 Å². The lowest BCUT2D eigenvalue weighted by molar-refractivity contribution is 0.0600. The van der Waals surface area contributed by atoms with Crippen LogP contribution in [0.15, 0.2) is 35.2 Å². The van der Waals surface area contributed by atoms with E-state index < -0.39 is 16.0 Å². The lowest BCUT2D eigenvalue weighted by Gasteiger charge is -2.15. The number of sulfonamides is 1. The second-order valence-corrected chi connectivity index (χ2v) is 7.31. The Kier molecular flexibility index (Phi) is 5.37. The number of carbonyl (C=O) groups excluding carboxylic acids is 1. The van der Waals surface area contributed by atoms with Crippen LogP contribution in [0.5, 0.6) is 5.75 Å². The third-order valence-electron chi connectivity index (χ3n) is 3.97. The topological polar surface area (TPSA) is 81.7 Å². The number of hydrogen-bond donors (Lipinski definition) is 1. The van der Waals surface area contributed by atoms with Gasteiger partial charge < -0.3 is 9.47 Å². The number of benzene rings is 2. The van der Waals surface area contributed by atoms with Crippen LogP contribution >= 0.6 is 0 Å². The van der Waals surface area contributed by atoms with E-state index in [0.717, 1.165) is 0 Å². The first-order chi connectivity index (χ1) is 11.7. The Hall–Kier alpha value is -2.54. The summed E-state index contributed by atoms with van der Waals surface area (Å²) in [5, 5.41) is 0. The van der Waals surface area contributed by atoms with Gasteiger partial charge in [0.25, 0.3) is 10.0 Å². The van der Waals surface area contributed by atoms with Crippen molar-refractivity contribution in [3.63, 3.8) is 0 Å². The summed E-state index contributed by atoms with van der Waals surface area (Å²) in [6.45, 7) is 5.14. The summed E-state index contributed by atoms with van der Waals surface area (Å²) < 4.78 is 38.1. The molecule has 0 saturated carbocycles. The van der Waals surface area contributed by atoms with Crippen LogP contribution in [0, 0.1) is 20.8 Å². The monoisotopic (exact) mass is 363 g/mol. The van der Waals surface area contributed by atoms with Crippen molar-refractivity contribution in [1.29, 1.82) is 0 Å². The Bertz CT molecular complexity index is 919. The van der Waals surface area contributed by atoms with Gasteiger partial charge in [-0.05, 0) is 61.7 Å². The predicted molar refractivity (Wildman–Crippen MR) is 95.8 cm³/mol. The van der Waals surface area contributed by atoms with Gasteiger partial charge in [-0.25, -0.2) is 13.2 Å². The van der Waals surface area contributed by atoms with E-state index >= 15 is 0 Å². The number of anilines is 1.